The Balaban J connectivity index is 1.91. The van der Waals surface area contributed by atoms with Crippen LogP contribution in [0, 0.1) is 0 Å². The first-order valence-electron chi connectivity index (χ1n) is 13.4. The quantitative estimate of drug-likeness (QED) is 0.266. The molecule has 0 aliphatic heterocycles. The van der Waals surface area contributed by atoms with Crippen LogP contribution < -0.4 is 9.62 Å². The van der Waals surface area contributed by atoms with Gasteiger partial charge in [0.2, 0.25) is 21.8 Å². The molecule has 0 aliphatic rings. The first-order chi connectivity index (χ1) is 19.2. The third kappa shape index (κ3) is 10.1. The van der Waals surface area contributed by atoms with E-state index in [1.807, 2.05) is 69.3 Å². The summed E-state index contributed by atoms with van der Waals surface area (Å²) in [6.07, 6.45) is 1.70. The number of hydrogen-bond acceptors (Lipinski definition) is 4. The van der Waals surface area contributed by atoms with Crippen LogP contribution in [0.15, 0.2) is 78.9 Å². The van der Waals surface area contributed by atoms with Crippen molar-refractivity contribution in [2.24, 2.45) is 0 Å². The van der Waals surface area contributed by atoms with E-state index in [1.54, 1.807) is 35.2 Å². The van der Waals surface area contributed by atoms with E-state index in [9.17, 15) is 18.0 Å². The molecule has 0 radical (unpaired) electrons. The van der Waals surface area contributed by atoms with Gasteiger partial charge in [0.25, 0.3) is 0 Å². The fourth-order valence-electron chi connectivity index (χ4n) is 4.43. The maximum absolute atomic E-state index is 13.9. The molecule has 0 fully saturated rings. The Kier molecular flexibility index (Phi) is 11.2. The molecule has 0 bridgehead atoms. The maximum Gasteiger partial charge on any atom is 0.243 e. The Morgan fingerprint density at radius 2 is 1.51 bits per heavy atom. The lowest BCUT2D eigenvalue weighted by Crippen LogP contribution is -2.54. The zero-order chi connectivity index (χ0) is 30.2. The van der Waals surface area contributed by atoms with Crippen LogP contribution in [0.5, 0.6) is 0 Å². The lowest BCUT2D eigenvalue weighted by Gasteiger charge is -2.34. The fraction of sp³-hybridized carbons (Fsp3) is 0.355. The van der Waals surface area contributed by atoms with Gasteiger partial charge in [0, 0.05) is 41.5 Å². The molecule has 1 N–H and O–H groups in total. The molecule has 0 heterocycles. The normalized spacial score (nSPS) is 12.4. The summed E-state index contributed by atoms with van der Waals surface area (Å²) in [6.45, 7) is 5.88. The van der Waals surface area contributed by atoms with E-state index >= 15 is 0 Å². The molecule has 41 heavy (non-hydrogen) atoms. The van der Waals surface area contributed by atoms with Gasteiger partial charge >= 0.3 is 0 Å². The second-order valence-electron chi connectivity index (χ2n) is 11.0. The topological polar surface area (TPSA) is 86.8 Å². The molecule has 0 aromatic heterocycles. The number of carbonyl (C=O) groups is 2. The van der Waals surface area contributed by atoms with Crippen molar-refractivity contribution >= 4 is 50.7 Å². The summed E-state index contributed by atoms with van der Waals surface area (Å²) in [5.41, 5.74) is 1.57. The molecule has 3 aromatic carbocycles. The molecule has 3 aromatic rings. The molecular formula is C31H37Cl2N3O4S. The van der Waals surface area contributed by atoms with Crippen molar-refractivity contribution in [2.45, 2.75) is 58.2 Å². The Hall–Kier alpha value is -3.07. The number of halogens is 2. The number of rotatable bonds is 12. The molecule has 3 rings (SSSR count). The van der Waals surface area contributed by atoms with Crippen LogP contribution in [-0.2, 0) is 32.6 Å². The van der Waals surface area contributed by atoms with Crippen molar-refractivity contribution in [3.8, 4) is 0 Å². The maximum atomic E-state index is 13.9. The van der Waals surface area contributed by atoms with Crippen molar-refractivity contribution in [3.05, 3.63) is 100 Å². The first-order valence-corrected chi connectivity index (χ1v) is 16.0. The highest BCUT2D eigenvalue weighted by Gasteiger charge is 2.32. The smallest absolute Gasteiger partial charge is 0.243 e. The molecule has 1 atom stereocenters. The second-order valence-corrected chi connectivity index (χ2v) is 13.7. The monoisotopic (exact) mass is 617 g/mol. The minimum absolute atomic E-state index is 0.0259. The van der Waals surface area contributed by atoms with Gasteiger partial charge in [0.05, 0.1) is 11.9 Å². The number of carbonyl (C=O) groups excluding carboxylic acids is 2. The highest BCUT2D eigenvalue weighted by molar-refractivity contribution is 7.92. The lowest BCUT2D eigenvalue weighted by molar-refractivity contribution is -0.142. The van der Waals surface area contributed by atoms with E-state index in [-0.39, 0.29) is 37.7 Å². The van der Waals surface area contributed by atoms with Crippen molar-refractivity contribution in [1.82, 2.24) is 10.2 Å². The molecule has 0 aliphatic carbocycles. The number of anilines is 1. The largest absolute Gasteiger partial charge is 0.350 e. The van der Waals surface area contributed by atoms with E-state index in [1.165, 1.54) is 4.31 Å². The Labute approximate surface area is 253 Å². The number of amides is 2. The summed E-state index contributed by atoms with van der Waals surface area (Å²) in [4.78, 5) is 29.1. The number of hydrogen-bond donors (Lipinski definition) is 1. The lowest BCUT2D eigenvalue weighted by atomic mass is 10.00. The predicted molar refractivity (Wildman–Crippen MR) is 167 cm³/mol. The molecule has 0 saturated heterocycles. The van der Waals surface area contributed by atoms with Crippen molar-refractivity contribution < 1.29 is 18.0 Å². The standard InChI is InChI=1S/C31H37Cl2N3O4S/c1-31(2,3)34-30(38)28(21-23-11-6-5-7-12-23)35(22-24-13-8-9-14-27(24)33)29(37)15-10-20-36(41(4,39)40)26-18-16-25(32)17-19-26/h5-9,11-14,16-19,28H,10,15,20-22H2,1-4H3,(H,34,38)/t28-/m0/s1. The third-order valence-electron chi connectivity index (χ3n) is 6.33. The van der Waals surface area contributed by atoms with Gasteiger partial charge in [-0.2, -0.15) is 0 Å². The second kappa shape index (κ2) is 14.2. The van der Waals surface area contributed by atoms with Crippen LogP contribution in [0.25, 0.3) is 0 Å². The van der Waals surface area contributed by atoms with E-state index in [4.69, 9.17) is 23.2 Å². The average Bonchev–Trinajstić information content (AvgIpc) is 2.89. The van der Waals surface area contributed by atoms with Gasteiger partial charge in [0.15, 0.2) is 0 Å². The van der Waals surface area contributed by atoms with Crippen molar-refractivity contribution in [1.29, 1.82) is 0 Å². The first kappa shape index (κ1) is 32.4. The summed E-state index contributed by atoms with van der Waals surface area (Å²) < 4.78 is 26.4. The van der Waals surface area contributed by atoms with Crippen LogP contribution in [0.3, 0.4) is 0 Å². The van der Waals surface area contributed by atoms with Gasteiger partial charge in [-0.25, -0.2) is 8.42 Å². The predicted octanol–water partition coefficient (Wildman–Crippen LogP) is 6.09. The molecule has 7 nitrogen and oxygen atoms in total. The minimum Gasteiger partial charge on any atom is -0.350 e. The summed E-state index contributed by atoms with van der Waals surface area (Å²) in [7, 11) is -3.61. The third-order valence-corrected chi connectivity index (χ3v) is 8.15. The SMILES string of the molecule is CC(C)(C)NC(=O)[C@H](Cc1ccccc1)N(Cc1ccccc1Cl)C(=O)CCCN(c1ccc(Cl)cc1)S(C)(=O)=O. The molecular weight excluding hydrogens is 581 g/mol. The van der Waals surface area contributed by atoms with Crippen LogP contribution >= 0.6 is 23.2 Å². The Bertz CT molecular complexity index is 1430. The van der Waals surface area contributed by atoms with E-state index in [0.717, 1.165) is 11.8 Å². The van der Waals surface area contributed by atoms with Gasteiger partial charge in [-0.15, -0.1) is 0 Å². The van der Waals surface area contributed by atoms with E-state index in [2.05, 4.69) is 5.32 Å². The fourth-order valence-corrected chi connectivity index (χ4v) is 5.72. The van der Waals surface area contributed by atoms with Gasteiger partial charge in [-0.3, -0.25) is 13.9 Å². The molecule has 0 spiro atoms. The zero-order valence-electron chi connectivity index (χ0n) is 23.8. The average molecular weight is 619 g/mol. The van der Waals surface area contributed by atoms with Gasteiger partial charge < -0.3 is 10.2 Å². The highest BCUT2D eigenvalue weighted by atomic mass is 35.5. The molecule has 0 unspecified atom stereocenters. The zero-order valence-corrected chi connectivity index (χ0v) is 26.1. The summed E-state index contributed by atoms with van der Waals surface area (Å²) >= 11 is 12.5. The van der Waals surface area contributed by atoms with Crippen molar-refractivity contribution in [2.75, 3.05) is 17.1 Å². The van der Waals surface area contributed by atoms with E-state index in [0.29, 0.717) is 27.7 Å². The van der Waals surface area contributed by atoms with Crippen LogP contribution in [0.1, 0.15) is 44.7 Å². The summed E-state index contributed by atoms with van der Waals surface area (Å²) in [5, 5.41) is 4.01. The van der Waals surface area contributed by atoms with Crippen LogP contribution in [-0.4, -0.2) is 49.5 Å². The minimum atomic E-state index is -3.61. The number of sulfonamides is 1. The number of benzene rings is 3. The van der Waals surface area contributed by atoms with Crippen molar-refractivity contribution in [3.63, 3.8) is 0 Å². The number of nitrogens with zero attached hydrogens (tertiary/aromatic N) is 2. The Morgan fingerprint density at radius 3 is 2.10 bits per heavy atom. The van der Waals surface area contributed by atoms with Gasteiger partial charge in [-0.05, 0) is 68.7 Å². The highest BCUT2D eigenvalue weighted by Crippen LogP contribution is 2.24. The van der Waals surface area contributed by atoms with Gasteiger partial charge in [-0.1, -0.05) is 71.7 Å². The molecule has 10 heteroatoms. The summed E-state index contributed by atoms with van der Waals surface area (Å²) in [6, 6.07) is 22.4. The molecule has 0 saturated carbocycles. The molecule has 220 valence electrons. The van der Waals surface area contributed by atoms with Crippen LogP contribution in [0.2, 0.25) is 10.0 Å². The van der Waals surface area contributed by atoms with Gasteiger partial charge in [0.1, 0.15) is 6.04 Å². The Morgan fingerprint density at radius 1 is 0.902 bits per heavy atom. The molecule has 2 amide bonds. The van der Waals surface area contributed by atoms with E-state index < -0.39 is 21.6 Å². The van der Waals surface area contributed by atoms with Crippen LogP contribution in [0.4, 0.5) is 5.69 Å². The summed E-state index contributed by atoms with van der Waals surface area (Å²) in [5.74, 6) is -0.555. The number of nitrogens with one attached hydrogen (secondary N) is 1.